The molecule has 0 spiro atoms. The second kappa shape index (κ2) is 5.20. The van der Waals surface area contributed by atoms with Gasteiger partial charge in [0.25, 0.3) is 0 Å². The van der Waals surface area contributed by atoms with E-state index < -0.39 is 20.8 Å². The summed E-state index contributed by atoms with van der Waals surface area (Å²) in [4.78, 5) is 2.13. The lowest BCUT2D eigenvalue weighted by molar-refractivity contribution is 0.300. The Morgan fingerprint density at radius 2 is 1.86 bits per heavy atom. The van der Waals surface area contributed by atoms with Crippen LogP contribution in [0.2, 0.25) is 0 Å². The maximum atomic E-state index is 11.0. The van der Waals surface area contributed by atoms with Gasteiger partial charge in [-0.3, -0.25) is 4.21 Å². The predicted molar refractivity (Wildman–Crippen MR) is 56.9 cm³/mol. The summed E-state index contributed by atoms with van der Waals surface area (Å²) < 4.78 is 32.3. The smallest absolute Gasteiger partial charge is 0.209 e. The fourth-order valence-corrected chi connectivity index (χ4v) is 3.05. The minimum absolute atomic E-state index is 0.0343. The molecule has 0 aromatic heterocycles. The van der Waals surface area contributed by atoms with Crippen molar-refractivity contribution in [2.75, 3.05) is 36.9 Å². The lowest BCUT2D eigenvalue weighted by Crippen LogP contribution is -2.38. The first kappa shape index (κ1) is 12.1. The summed E-state index contributed by atoms with van der Waals surface area (Å²) in [5.41, 5.74) is 0. The molecule has 0 saturated carbocycles. The van der Waals surface area contributed by atoms with Gasteiger partial charge in [-0.05, 0) is 13.0 Å². The summed E-state index contributed by atoms with van der Waals surface area (Å²) in [6, 6.07) is 0. The van der Waals surface area contributed by atoms with Crippen LogP contribution in [0.1, 0.15) is 6.42 Å². The van der Waals surface area contributed by atoms with Crippen molar-refractivity contribution in [2.45, 2.75) is 6.42 Å². The van der Waals surface area contributed by atoms with Crippen molar-refractivity contribution < 1.29 is 12.6 Å². The van der Waals surface area contributed by atoms with Gasteiger partial charge in [0.1, 0.15) is 0 Å². The first-order valence-corrected chi connectivity index (χ1v) is 7.75. The highest BCUT2D eigenvalue weighted by Crippen LogP contribution is 2.01. The molecule has 0 amide bonds. The van der Waals surface area contributed by atoms with Crippen molar-refractivity contribution in [3.63, 3.8) is 0 Å². The summed E-state index contributed by atoms with van der Waals surface area (Å²) >= 11 is 0. The third-order valence-electron chi connectivity index (χ3n) is 2.17. The molecule has 0 radical (unpaired) electrons. The van der Waals surface area contributed by atoms with Crippen molar-refractivity contribution >= 4 is 20.8 Å². The van der Waals surface area contributed by atoms with E-state index in [1.165, 1.54) is 0 Å². The summed E-state index contributed by atoms with van der Waals surface area (Å²) in [6.07, 6.45) is 0.561. The average molecular weight is 240 g/mol. The molecular formula is C7H16N2O3S2. The fraction of sp³-hybridized carbons (Fsp3) is 1.00. The summed E-state index contributed by atoms with van der Waals surface area (Å²) in [6.45, 7) is 2.34. The molecule has 1 aliphatic rings. The van der Waals surface area contributed by atoms with Crippen LogP contribution in [0, 0.1) is 0 Å². The van der Waals surface area contributed by atoms with Gasteiger partial charge in [-0.25, -0.2) is 13.6 Å². The molecule has 1 fully saturated rings. The van der Waals surface area contributed by atoms with Crippen molar-refractivity contribution in [1.29, 1.82) is 0 Å². The maximum Gasteiger partial charge on any atom is 0.209 e. The first-order valence-electron chi connectivity index (χ1n) is 4.55. The standard InChI is InChI=1S/C7H16N2O3S2/c8-14(11,12)7-1-2-9-3-5-13(10)6-4-9/h1-7H2,(H2,8,11,12). The average Bonchev–Trinajstić information content (AvgIpc) is 2.06. The number of primary sulfonamides is 1. The molecule has 0 atom stereocenters. The fourth-order valence-electron chi connectivity index (χ4n) is 1.39. The van der Waals surface area contributed by atoms with Crippen LogP contribution in [-0.2, 0) is 20.8 Å². The molecular weight excluding hydrogens is 224 g/mol. The molecule has 14 heavy (non-hydrogen) atoms. The lowest BCUT2D eigenvalue weighted by Gasteiger charge is -2.25. The monoisotopic (exact) mass is 240 g/mol. The highest BCUT2D eigenvalue weighted by Gasteiger charge is 2.14. The highest BCUT2D eigenvalue weighted by molar-refractivity contribution is 7.89. The maximum absolute atomic E-state index is 11.0. The predicted octanol–water partition coefficient (Wildman–Crippen LogP) is -1.27. The van der Waals surface area contributed by atoms with E-state index in [0.29, 0.717) is 17.9 Å². The van der Waals surface area contributed by atoms with Gasteiger partial charge in [0, 0.05) is 35.4 Å². The number of rotatable bonds is 4. The molecule has 1 aliphatic heterocycles. The van der Waals surface area contributed by atoms with E-state index in [1.54, 1.807) is 0 Å². The third-order valence-corrected chi connectivity index (χ3v) is 4.31. The molecule has 7 heteroatoms. The Morgan fingerprint density at radius 3 is 2.36 bits per heavy atom. The van der Waals surface area contributed by atoms with E-state index in [4.69, 9.17) is 5.14 Å². The van der Waals surface area contributed by atoms with Crippen molar-refractivity contribution in [2.24, 2.45) is 5.14 Å². The Labute approximate surface area is 87.2 Å². The number of nitrogens with two attached hydrogens (primary N) is 1. The summed E-state index contributed by atoms with van der Waals surface area (Å²) in [5, 5.41) is 4.88. The first-order chi connectivity index (χ1) is 6.47. The van der Waals surface area contributed by atoms with E-state index in [2.05, 4.69) is 4.90 Å². The molecule has 1 saturated heterocycles. The van der Waals surface area contributed by atoms with Crippen LogP contribution in [-0.4, -0.2) is 54.4 Å². The molecule has 84 valence electrons. The topological polar surface area (TPSA) is 80.5 Å². The Balaban J connectivity index is 2.17. The Bertz CT molecular complexity index is 292. The van der Waals surface area contributed by atoms with Gasteiger partial charge in [0.2, 0.25) is 10.0 Å². The molecule has 1 rings (SSSR count). The Hall–Kier alpha value is 0.0200. The second-order valence-electron chi connectivity index (χ2n) is 3.41. The van der Waals surface area contributed by atoms with Gasteiger partial charge < -0.3 is 4.90 Å². The SMILES string of the molecule is NS(=O)(=O)CCCN1CCS(=O)CC1. The number of hydrogen-bond acceptors (Lipinski definition) is 4. The van der Waals surface area contributed by atoms with Crippen LogP contribution >= 0.6 is 0 Å². The van der Waals surface area contributed by atoms with E-state index in [0.717, 1.165) is 19.6 Å². The van der Waals surface area contributed by atoms with Crippen molar-refractivity contribution in [3.05, 3.63) is 0 Å². The zero-order chi connectivity index (χ0) is 10.6. The van der Waals surface area contributed by atoms with Crippen LogP contribution in [0.4, 0.5) is 0 Å². The van der Waals surface area contributed by atoms with Crippen LogP contribution in [0.3, 0.4) is 0 Å². The number of sulfonamides is 1. The quantitative estimate of drug-likeness (QED) is 0.664. The van der Waals surface area contributed by atoms with Crippen molar-refractivity contribution in [1.82, 2.24) is 4.90 Å². The number of nitrogens with zero attached hydrogens (tertiary/aromatic N) is 1. The normalized spacial score (nSPS) is 21.2. The van der Waals surface area contributed by atoms with Crippen LogP contribution in [0.25, 0.3) is 0 Å². The highest BCUT2D eigenvalue weighted by atomic mass is 32.2. The molecule has 0 aliphatic carbocycles. The van der Waals surface area contributed by atoms with Gasteiger partial charge >= 0.3 is 0 Å². The van der Waals surface area contributed by atoms with E-state index in [-0.39, 0.29) is 5.75 Å². The van der Waals surface area contributed by atoms with Gasteiger partial charge in [-0.2, -0.15) is 0 Å². The van der Waals surface area contributed by atoms with Crippen LogP contribution < -0.4 is 5.14 Å². The van der Waals surface area contributed by atoms with Gasteiger partial charge in [-0.15, -0.1) is 0 Å². The van der Waals surface area contributed by atoms with Crippen LogP contribution in [0.15, 0.2) is 0 Å². The minimum atomic E-state index is -3.32. The molecule has 0 aromatic rings. The summed E-state index contributed by atoms with van der Waals surface area (Å²) in [7, 11) is -3.99. The van der Waals surface area contributed by atoms with E-state index in [9.17, 15) is 12.6 Å². The largest absolute Gasteiger partial charge is 0.301 e. The second-order valence-corrected chi connectivity index (χ2v) is 6.84. The third kappa shape index (κ3) is 5.04. The van der Waals surface area contributed by atoms with Gasteiger partial charge in [0.05, 0.1) is 5.75 Å². The molecule has 0 aromatic carbocycles. The van der Waals surface area contributed by atoms with Crippen LogP contribution in [0.5, 0.6) is 0 Å². The lowest BCUT2D eigenvalue weighted by atomic mass is 10.4. The minimum Gasteiger partial charge on any atom is -0.301 e. The van der Waals surface area contributed by atoms with Gasteiger partial charge in [0.15, 0.2) is 0 Å². The van der Waals surface area contributed by atoms with E-state index in [1.807, 2.05) is 0 Å². The Kier molecular flexibility index (Phi) is 4.49. The van der Waals surface area contributed by atoms with Gasteiger partial charge in [-0.1, -0.05) is 0 Å². The zero-order valence-corrected chi connectivity index (χ0v) is 9.65. The number of hydrogen-bond donors (Lipinski definition) is 1. The van der Waals surface area contributed by atoms with Crippen molar-refractivity contribution in [3.8, 4) is 0 Å². The molecule has 2 N–H and O–H groups in total. The zero-order valence-electron chi connectivity index (χ0n) is 8.02. The molecule has 1 heterocycles. The molecule has 0 bridgehead atoms. The Morgan fingerprint density at radius 1 is 1.29 bits per heavy atom. The molecule has 5 nitrogen and oxygen atoms in total. The summed E-state index contributed by atoms with van der Waals surface area (Å²) in [5.74, 6) is 1.44. The van der Waals surface area contributed by atoms with E-state index >= 15 is 0 Å². The molecule has 0 unspecified atom stereocenters.